The number of nitrogens with zero attached hydrogens (tertiary/aromatic N) is 1. The van der Waals surface area contributed by atoms with E-state index in [0.717, 1.165) is 0 Å². The molecule has 0 aliphatic heterocycles. The normalized spacial score (nSPS) is 8.44. The molecule has 0 atom stereocenters. The Morgan fingerprint density at radius 2 is 2.33 bits per heavy atom. The lowest BCUT2D eigenvalue weighted by atomic mass is 10.2. The monoisotopic (exact) mass is 136 g/mol. The molecule has 0 aliphatic rings. The molecule has 0 heterocycles. The van der Waals surface area contributed by atoms with Crippen LogP contribution in [0.4, 0.5) is 0 Å². The van der Waals surface area contributed by atoms with E-state index in [4.69, 9.17) is 16.9 Å². The Morgan fingerprint density at radius 3 is 2.78 bits per heavy atom. The predicted octanol–water partition coefficient (Wildman–Crippen LogP) is 2.01. The Labute approximate surface area is 58.5 Å². The fourth-order valence-electron chi connectivity index (χ4n) is 0.506. The highest BCUT2D eigenvalue weighted by molar-refractivity contribution is 6.30. The van der Waals surface area contributed by atoms with E-state index in [1.165, 1.54) is 0 Å². The van der Waals surface area contributed by atoms with Crippen LogP contribution in [-0.2, 0) is 0 Å². The third kappa shape index (κ3) is 1.45. The number of hydrogen-bond donors (Lipinski definition) is 0. The van der Waals surface area contributed by atoms with E-state index in [1.54, 1.807) is 18.2 Å². The van der Waals surface area contributed by atoms with E-state index < -0.39 is 0 Å². The van der Waals surface area contributed by atoms with Gasteiger partial charge in [-0.2, -0.15) is 5.26 Å². The van der Waals surface area contributed by atoms with Gasteiger partial charge < -0.3 is 0 Å². The molecule has 0 N–H and O–H groups in total. The van der Waals surface area contributed by atoms with E-state index in [-0.39, 0.29) is 0 Å². The van der Waals surface area contributed by atoms with Crippen molar-refractivity contribution in [3.63, 3.8) is 0 Å². The van der Waals surface area contributed by atoms with E-state index >= 15 is 0 Å². The summed E-state index contributed by atoms with van der Waals surface area (Å²) in [5, 5.41) is 8.80. The van der Waals surface area contributed by atoms with E-state index in [1.807, 2.05) is 6.07 Å². The van der Waals surface area contributed by atoms with Gasteiger partial charge in [0.15, 0.2) is 0 Å². The summed E-state index contributed by atoms with van der Waals surface area (Å²) >= 11 is 5.52. The van der Waals surface area contributed by atoms with Gasteiger partial charge >= 0.3 is 0 Å². The number of benzene rings is 1. The molecule has 1 radical (unpaired) electrons. The van der Waals surface area contributed by atoms with Crippen LogP contribution in [0.1, 0.15) is 5.56 Å². The van der Waals surface area contributed by atoms with Crippen molar-refractivity contribution in [2.45, 2.75) is 0 Å². The highest BCUT2D eigenvalue weighted by Gasteiger charge is 1.88. The van der Waals surface area contributed by atoms with Crippen LogP contribution in [0.5, 0.6) is 0 Å². The van der Waals surface area contributed by atoms with Gasteiger partial charge in [-0.15, -0.1) is 0 Å². The van der Waals surface area contributed by atoms with Crippen LogP contribution < -0.4 is 0 Å². The third-order valence-corrected chi connectivity index (χ3v) is 1.10. The molecule has 0 aliphatic carbocycles. The van der Waals surface area contributed by atoms with Crippen LogP contribution >= 0.6 is 11.6 Å². The molecule has 1 aromatic carbocycles. The zero-order chi connectivity index (χ0) is 6.69. The molecule has 1 nitrogen and oxygen atoms in total. The molecule has 9 heavy (non-hydrogen) atoms. The molecular formula is C7H3ClN. The standard InChI is InChI=1S/C7H3ClN/c8-7-3-1-2-6(4-7)5-9/h1-3H. The molecule has 0 bridgehead atoms. The number of halogens is 1. The Morgan fingerprint density at radius 1 is 1.56 bits per heavy atom. The minimum absolute atomic E-state index is 0.475. The fraction of sp³-hybridized carbons (Fsp3) is 0. The summed E-state index contributed by atoms with van der Waals surface area (Å²) in [6.07, 6.45) is 0. The molecular weight excluding hydrogens is 134 g/mol. The van der Waals surface area contributed by atoms with Crippen LogP contribution in [0, 0.1) is 17.4 Å². The molecule has 2 heteroatoms. The summed E-state index contributed by atoms with van der Waals surface area (Å²) in [5.74, 6) is 0. The molecule has 1 rings (SSSR count). The smallest absolute Gasteiger partial charge is 0.0998 e. The highest BCUT2D eigenvalue weighted by atomic mass is 35.5. The van der Waals surface area contributed by atoms with Crippen molar-refractivity contribution in [3.8, 4) is 6.07 Å². The minimum Gasteiger partial charge on any atom is -0.192 e. The first-order chi connectivity index (χ1) is 4.33. The third-order valence-electron chi connectivity index (χ3n) is 0.880. The number of hydrogen-bond acceptors (Lipinski definition) is 1. The molecule has 1 aromatic rings. The molecule has 0 spiro atoms. The second kappa shape index (κ2) is 2.52. The average molecular weight is 137 g/mol. The van der Waals surface area contributed by atoms with Gasteiger partial charge in [0.2, 0.25) is 0 Å². The molecule has 0 saturated carbocycles. The van der Waals surface area contributed by atoms with E-state index in [0.29, 0.717) is 10.6 Å². The van der Waals surface area contributed by atoms with Gasteiger partial charge in [-0.05, 0) is 12.1 Å². The second-order valence-corrected chi connectivity index (χ2v) is 1.93. The van der Waals surface area contributed by atoms with Gasteiger partial charge in [0.05, 0.1) is 11.6 Å². The molecule has 0 amide bonds. The Balaban J connectivity index is 3.12. The second-order valence-electron chi connectivity index (χ2n) is 1.52. The van der Waals surface area contributed by atoms with Crippen LogP contribution in [0.25, 0.3) is 0 Å². The maximum Gasteiger partial charge on any atom is 0.0998 e. The van der Waals surface area contributed by atoms with Crippen LogP contribution in [0.3, 0.4) is 0 Å². The van der Waals surface area contributed by atoms with Crippen molar-refractivity contribution in [1.82, 2.24) is 0 Å². The largest absolute Gasteiger partial charge is 0.192 e. The Bertz CT molecular complexity index is 249. The summed E-state index contributed by atoms with van der Waals surface area (Å²) in [5.41, 5.74) is 0.475. The maximum atomic E-state index is 8.32. The van der Waals surface area contributed by atoms with Crippen molar-refractivity contribution in [1.29, 1.82) is 5.26 Å². The maximum absolute atomic E-state index is 8.32. The van der Waals surface area contributed by atoms with Crippen molar-refractivity contribution >= 4 is 11.6 Å². The summed E-state index contributed by atoms with van der Waals surface area (Å²) < 4.78 is 0. The van der Waals surface area contributed by atoms with Crippen LogP contribution in [0.2, 0.25) is 5.02 Å². The average Bonchev–Trinajstić information content (AvgIpc) is 1.88. The van der Waals surface area contributed by atoms with Gasteiger partial charge in [-0.1, -0.05) is 17.7 Å². The SMILES string of the molecule is N#Cc1[c]c(Cl)ccc1. The zero-order valence-electron chi connectivity index (χ0n) is 4.56. The van der Waals surface area contributed by atoms with Gasteiger partial charge in [-0.25, -0.2) is 0 Å². The van der Waals surface area contributed by atoms with Gasteiger partial charge in [0, 0.05) is 11.1 Å². The Hall–Kier alpha value is -1.00. The van der Waals surface area contributed by atoms with Crippen molar-refractivity contribution in [2.75, 3.05) is 0 Å². The number of rotatable bonds is 0. The number of nitriles is 1. The predicted molar refractivity (Wildman–Crippen MR) is 35.0 cm³/mol. The van der Waals surface area contributed by atoms with Gasteiger partial charge in [0.1, 0.15) is 0 Å². The summed E-state index contributed by atoms with van der Waals surface area (Å²) in [6, 6.07) is 9.65. The van der Waals surface area contributed by atoms with Crippen LogP contribution in [0.15, 0.2) is 18.2 Å². The van der Waals surface area contributed by atoms with E-state index in [2.05, 4.69) is 6.07 Å². The minimum atomic E-state index is 0.475. The first-order valence-corrected chi connectivity index (χ1v) is 2.78. The highest BCUT2D eigenvalue weighted by Crippen LogP contribution is 2.07. The lowest BCUT2D eigenvalue weighted by molar-refractivity contribution is 1.48. The lowest BCUT2D eigenvalue weighted by Crippen LogP contribution is -1.70. The topological polar surface area (TPSA) is 23.8 Å². The molecule has 0 saturated heterocycles. The zero-order valence-corrected chi connectivity index (χ0v) is 5.31. The first kappa shape index (κ1) is 6.12. The molecule has 0 aromatic heterocycles. The fourth-order valence-corrected chi connectivity index (χ4v) is 0.681. The molecule has 0 fully saturated rings. The molecule has 0 unspecified atom stereocenters. The lowest BCUT2D eigenvalue weighted by Gasteiger charge is -1.85. The molecule has 43 valence electrons. The van der Waals surface area contributed by atoms with Crippen molar-refractivity contribution in [3.05, 3.63) is 34.9 Å². The summed E-state index contributed by atoms with van der Waals surface area (Å²) in [4.78, 5) is 0. The van der Waals surface area contributed by atoms with Crippen molar-refractivity contribution in [2.24, 2.45) is 0 Å². The quantitative estimate of drug-likeness (QED) is 0.535. The van der Waals surface area contributed by atoms with E-state index in [9.17, 15) is 0 Å². The van der Waals surface area contributed by atoms with Crippen LogP contribution in [-0.4, -0.2) is 0 Å². The first-order valence-electron chi connectivity index (χ1n) is 2.41. The van der Waals surface area contributed by atoms with Crippen molar-refractivity contribution < 1.29 is 0 Å². The summed E-state index contributed by atoms with van der Waals surface area (Å²) in [6.45, 7) is 0. The Kier molecular flexibility index (Phi) is 1.72. The summed E-state index contributed by atoms with van der Waals surface area (Å²) in [7, 11) is 0. The van der Waals surface area contributed by atoms with Gasteiger partial charge in [0.25, 0.3) is 0 Å². The van der Waals surface area contributed by atoms with Gasteiger partial charge in [-0.3, -0.25) is 0 Å².